The summed E-state index contributed by atoms with van der Waals surface area (Å²) in [6.45, 7) is 1.86. The molecule has 0 atom stereocenters. The van der Waals surface area contributed by atoms with E-state index >= 15 is 0 Å². The van der Waals surface area contributed by atoms with Crippen LogP contribution in [0.2, 0.25) is 10.0 Å². The van der Waals surface area contributed by atoms with E-state index in [9.17, 15) is 9.59 Å². The molecule has 2 heterocycles. The van der Waals surface area contributed by atoms with Crippen molar-refractivity contribution in [2.45, 2.75) is 19.8 Å². The van der Waals surface area contributed by atoms with E-state index in [2.05, 4.69) is 10.4 Å². The zero-order chi connectivity index (χ0) is 21.1. The number of ether oxygens (including phenoxy) is 1. The number of halogens is 2. The molecule has 3 aromatic rings. The van der Waals surface area contributed by atoms with Gasteiger partial charge in [-0.3, -0.25) is 9.48 Å². The van der Waals surface area contributed by atoms with Crippen LogP contribution in [-0.4, -0.2) is 28.8 Å². The van der Waals surface area contributed by atoms with Gasteiger partial charge in [-0.2, -0.15) is 5.10 Å². The second-order valence-corrected chi connectivity index (χ2v) is 8.49. The van der Waals surface area contributed by atoms with E-state index in [0.29, 0.717) is 32.6 Å². The quantitative estimate of drug-likeness (QED) is 0.527. The summed E-state index contributed by atoms with van der Waals surface area (Å²) < 4.78 is 6.65. The number of carbonyl (C=O) groups is 2. The zero-order valence-corrected chi connectivity index (χ0v) is 18.4. The molecular formula is C20H19Cl2N3O3S. The zero-order valence-electron chi connectivity index (χ0n) is 16.1. The van der Waals surface area contributed by atoms with Crippen LogP contribution in [0, 0.1) is 6.92 Å². The van der Waals surface area contributed by atoms with Crippen LogP contribution in [0.3, 0.4) is 0 Å². The molecule has 2 aromatic heterocycles. The van der Waals surface area contributed by atoms with Gasteiger partial charge in [-0.05, 0) is 31.0 Å². The Morgan fingerprint density at radius 1 is 1.31 bits per heavy atom. The first-order valence-corrected chi connectivity index (χ1v) is 10.3. The number of nitrogens with one attached hydrogen (secondary N) is 1. The maximum absolute atomic E-state index is 12.5. The average molecular weight is 452 g/mol. The van der Waals surface area contributed by atoms with E-state index in [0.717, 1.165) is 10.4 Å². The first-order valence-electron chi connectivity index (χ1n) is 8.74. The number of thiophene rings is 1. The lowest BCUT2D eigenvalue weighted by atomic mass is 10.0. The number of esters is 1. The highest BCUT2D eigenvalue weighted by Gasteiger charge is 2.26. The topological polar surface area (TPSA) is 73.2 Å². The highest BCUT2D eigenvalue weighted by molar-refractivity contribution is 7.17. The maximum atomic E-state index is 12.5. The molecule has 29 heavy (non-hydrogen) atoms. The predicted octanol–water partition coefficient (Wildman–Crippen LogP) is 5.12. The van der Waals surface area contributed by atoms with Crippen LogP contribution < -0.4 is 5.32 Å². The standard InChI is InChI=1S/C20H19Cl2N3O3S/c1-11-17(14-6-5-13(21)8-15(14)22)18(20(27)28-3)19(29-11)24-16(26)7-4-12-9-23-25(2)10-12/h5-6,8-10H,4,7H2,1-3H3,(H,24,26). The van der Waals surface area contributed by atoms with E-state index < -0.39 is 5.97 Å². The summed E-state index contributed by atoms with van der Waals surface area (Å²) in [5.41, 5.74) is 2.54. The fourth-order valence-electron chi connectivity index (χ4n) is 2.99. The summed E-state index contributed by atoms with van der Waals surface area (Å²) in [5.74, 6) is -0.744. The van der Waals surface area contributed by atoms with Crippen molar-refractivity contribution < 1.29 is 14.3 Å². The van der Waals surface area contributed by atoms with Gasteiger partial charge in [0.2, 0.25) is 5.91 Å². The number of hydrogen-bond acceptors (Lipinski definition) is 5. The van der Waals surface area contributed by atoms with Crippen molar-refractivity contribution in [2.24, 2.45) is 7.05 Å². The largest absolute Gasteiger partial charge is 0.465 e. The van der Waals surface area contributed by atoms with E-state index in [4.69, 9.17) is 27.9 Å². The summed E-state index contributed by atoms with van der Waals surface area (Å²) in [6.07, 6.45) is 4.40. The lowest BCUT2D eigenvalue weighted by molar-refractivity contribution is -0.116. The van der Waals surface area contributed by atoms with Crippen molar-refractivity contribution in [3.05, 3.63) is 56.6 Å². The number of methoxy groups -OCH3 is 1. The molecule has 0 unspecified atom stereocenters. The Balaban J connectivity index is 1.90. The Kier molecular flexibility index (Phi) is 6.62. The minimum atomic E-state index is -0.544. The van der Waals surface area contributed by atoms with Gasteiger partial charge in [0.25, 0.3) is 0 Å². The van der Waals surface area contributed by atoms with Crippen molar-refractivity contribution in [1.82, 2.24) is 9.78 Å². The third-order valence-corrected chi connectivity index (χ3v) is 5.89. The van der Waals surface area contributed by atoms with E-state index in [-0.39, 0.29) is 17.9 Å². The molecule has 152 valence electrons. The first kappa shape index (κ1) is 21.4. The Morgan fingerprint density at radius 2 is 2.07 bits per heavy atom. The monoisotopic (exact) mass is 451 g/mol. The van der Waals surface area contributed by atoms with E-state index in [1.165, 1.54) is 18.4 Å². The van der Waals surface area contributed by atoms with Crippen LogP contribution in [0.25, 0.3) is 11.1 Å². The molecule has 0 radical (unpaired) electrons. The van der Waals surface area contributed by atoms with Gasteiger partial charge in [0.05, 0.1) is 13.3 Å². The van der Waals surface area contributed by atoms with Crippen LogP contribution in [-0.2, 0) is 23.0 Å². The molecule has 0 aliphatic carbocycles. The molecule has 0 fully saturated rings. The summed E-state index contributed by atoms with van der Waals surface area (Å²) in [6, 6.07) is 5.07. The average Bonchev–Trinajstić information content (AvgIpc) is 3.22. The number of benzene rings is 1. The fraction of sp³-hybridized carbons (Fsp3) is 0.250. The Bertz CT molecular complexity index is 1080. The molecule has 0 saturated heterocycles. The highest BCUT2D eigenvalue weighted by atomic mass is 35.5. The molecule has 1 N–H and O–H groups in total. The lowest BCUT2D eigenvalue weighted by Crippen LogP contribution is -2.14. The van der Waals surface area contributed by atoms with Crippen molar-refractivity contribution >= 4 is 51.4 Å². The number of hydrogen-bond donors (Lipinski definition) is 1. The van der Waals surface area contributed by atoms with Gasteiger partial charge in [-0.25, -0.2) is 4.79 Å². The molecule has 6 nitrogen and oxygen atoms in total. The Hall–Kier alpha value is -2.35. The molecule has 0 spiro atoms. The fourth-order valence-corrected chi connectivity index (χ4v) is 4.57. The van der Waals surface area contributed by atoms with Crippen molar-refractivity contribution in [2.75, 3.05) is 12.4 Å². The van der Waals surface area contributed by atoms with Crippen molar-refractivity contribution in [1.29, 1.82) is 0 Å². The van der Waals surface area contributed by atoms with Gasteiger partial charge < -0.3 is 10.1 Å². The van der Waals surface area contributed by atoms with Gasteiger partial charge in [0.1, 0.15) is 10.6 Å². The van der Waals surface area contributed by atoms with E-state index in [1.807, 2.05) is 20.2 Å². The first-order chi connectivity index (χ1) is 13.8. The number of aryl methyl sites for hydroxylation is 3. The summed E-state index contributed by atoms with van der Waals surface area (Å²) in [4.78, 5) is 25.9. The number of carbonyl (C=O) groups excluding carboxylic acids is 2. The summed E-state index contributed by atoms with van der Waals surface area (Å²) in [7, 11) is 3.13. The third kappa shape index (κ3) is 4.80. The Labute approximate surface area is 182 Å². The molecule has 0 aliphatic rings. The van der Waals surface area contributed by atoms with Crippen LogP contribution in [0.5, 0.6) is 0 Å². The smallest absolute Gasteiger partial charge is 0.341 e. The maximum Gasteiger partial charge on any atom is 0.341 e. The second kappa shape index (κ2) is 8.98. The Morgan fingerprint density at radius 3 is 2.69 bits per heavy atom. The van der Waals surface area contributed by atoms with Gasteiger partial charge in [-0.15, -0.1) is 11.3 Å². The number of rotatable bonds is 6. The number of anilines is 1. The SMILES string of the molecule is COC(=O)c1c(NC(=O)CCc2cnn(C)c2)sc(C)c1-c1ccc(Cl)cc1Cl. The van der Waals surface area contributed by atoms with Gasteiger partial charge >= 0.3 is 5.97 Å². The summed E-state index contributed by atoms with van der Waals surface area (Å²) >= 11 is 13.7. The summed E-state index contributed by atoms with van der Waals surface area (Å²) in [5, 5.41) is 8.29. The van der Waals surface area contributed by atoms with Crippen LogP contribution in [0.4, 0.5) is 5.00 Å². The van der Waals surface area contributed by atoms with Gasteiger partial charge in [-0.1, -0.05) is 29.3 Å². The third-order valence-electron chi connectivity index (χ3n) is 4.33. The molecular weight excluding hydrogens is 433 g/mol. The molecule has 3 rings (SSSR count). The highest BCUT2D eigenvalue weighted by Crippen LogP contribution is 2.43. The molecule has 1 aromatic carbocycles. The van der Waals surface area contributed by atoms with Gasteiger partial charge in [0, 0.05) is 45.7 Å². The van der Waals surface area contributed by atoms with Crippen LogP contribution >= 0.6 is 34.5 Å². The second-order valence-electron chi connectivity index (χ2n) is 6.42. The molecule has 0 bridgehead atoms. The predicted molar refractivity (Wildman–Crippen MR) is 116 cm³/mol. The number of amides is 1. The normalized spacial score (nSPS) is 10.8. The van der Waals surface area contributed by atoms with Gasteiger partial charge in [0.15, 0.2) is 0 Å². The molecule has 0 aliphatic heterocycles. The van der Waals surface area contributed by atoms with Crippen molar-refractivity contribution in [3.63, 3.8) is 0 Å². The minimum Gasteiger partial charge on any atom is -0.465 e. The lowest BCUT2D eigenvalue weighted by Gasteiger charge is -2.09. The van der Waals surface area contributed by atoms with Crippen molar-refractivity contribution in [3.8, 4) is 11.1 Å². The molecule has 1 amide bonds. The number of nitrogens with zero attached hydrogens (tertiary/aromatic N) is 2. The molecule has 9 heteroatoms. The number of aromatic nitrogens is 2. The minimum absolute atomic E-state index is 0.200. The molecule has 0 saturated carbocycles. The van der Waals surface area contributed by atoms with Crippen LogP contribution in [0.15, 0.2) is 30.6 Å². The van der Waals surface area contributed by atoms with Crippen LogP contribution in [0.1, 0.15) is 27.2 Å². The van der Waals surface area contributed by atoms with E-state index in [1.54, 1.807) is 29.1 Å².